The van der Waals surface area contributed by atoms with Gasteiger partial charge in [0.2, 0.25) is 5.82 Å². The largest absolute Gasteiger partial charge is 0.449 e. The van der Waals surface area contributed by atoms with E-state index in [-0.39, 0.29) is 23.4 Å². The number of nitrogens with zero attached hydrogens (tertiary/aromatic N) is 3. The number of carbonyl (C=O) groups excluding carboxylic acids is 1. The number of rotatable bonds is 4. The van der Waals surface area contributed by atoms with Crippen molar-refractivity contribution in [3.05, 3.63) is 76.2 Å². The van der Waals surface area contributed by atoms with Crippen molar-refractivity contribution in [2.75, 3.05) is 13.1 Å². The fourth-order valence-electron chi connectivity index (χ4n) is 4.27. The SMILES string of the molecule is Cc1ccc(C(=O)N2CC(c3ccc(C#N)cc3)C2)cc1-c1nc(C(F)(F)F)[nH]c1C1CC1. The first-order valence-corrected chi connectivity index (χ1v) is 10.8. The summed E-state index contributed by atoms with van der Waals surface area (Å²) in [5.41, 5.74) is 4.22. The number of imidazole rings is 1. The van der Waals surface area contributed by atoms with Crippen molar-refractivity contribution in [2.24, 2.45) is 0 Å². The van der Waals surface area contributed by atoms with Gasteiger partial charge in [0.1, 0.15) is 0 Å². The van der Waals surface area contributed by atoms with Gasteiger partial charge in [0.05, 0.1) is 17.3 Å². The summed E-state index contributed by atoms with van der Waals surface area (Å²) in [5.74, 6) is -0.899. The number of aromatic amines is 1. The van der Waals surface area contributed by atoms with E-state index in [1.807, 2.05) is 19.1 Å². The number of hydrogen-bond acceptors (Lipinski definition) is 3. The summed E-state index contributed by atoms with van der Waals surface area (Å²) in [6.45, 7) is 2.93. The minimum Gasteiger partial charge on any atom is -0.337 e. The van der Waals surface area contributed by atoms with E-state index in [0.29, 0.717) is 35.5 Å². The van der Waals surface area contributed by atoms with Crippen molar-refractivity contribution >= 4 is 5.91 Å². The number of hydrogen-bond donors (Lipinski definition) is 1. The highest BCUT2D eigenvalue weighted by molar-refractivity contribution is 5.96. The average molecular weight is 450 g/mol. The molecule has 0 bridgehead atoms. The molecule has 2 aliphatic rings. The highest BCUT2D eigenvalue weighted by atomic mass is 19.4. The van der Waals surface area contributed by atoms with Crippen molar-refractivity contribution in [3.8, 4) is 17.3 Å². The molecule has 2 fully saturated rings. The molecule has 0 unspecified atom stereocenters. The van der Waals surface area contributed by atoms with Crippen LogP contribution in [-0.2, 0) is 6.18 Å². The molecule has 1 N–H and O–H groups in total. The Labute approximate surface area is 188 Å². The number of carbonyl (C=O) groups is 1. The molecule has 1 saturated carbocycles. The maximum Gasteiger partial charge on any atom is 0.449 e. The van der Waals surface area contributed by atoms with Gasteiger partial charge in [-0.2, -0.15) is 18.4 Å². The van der Waals surface area contributed by atoms with Crippen molar-refractivity contribution in [2.45, 2.75) is 37.8 Å². The van der Waals surface area contributed by atoms with Gasteiger partial charge in [-0.1, -0.05) is 18.2 Å². The summed E-state index contributed by atoms with van der Waals surface area (Å²) in [4.78, 5) is 21.2. The first-order valence-electron chi connectivity index (χ1n) is 10.8. The van der Waals surface area contributed by atoms with Gasteiger partial charge >= 0.3 is 6.18 Å². The number of aromatic nitrogens is 2. The van der Waals surface area contributed by atoms with Gasteiger partial charge < -0.3 is 9.88 Å². The van der Waals surface area contributed by atoms with E-state index >= 15 is 0 Å². The average Bonchev–Trinajstić information content (AvgIpc) is 3.50. The van der Waals surface area contributed by atoms with Crippen molar-refractivity contribution in [3.63, 3.8) is 0 Å². The molecule has 1 aliphatic heterocycles. The molecule has 2 aromatic carbocycles. The molecular formula is C25H21F3N4O. The number of amides is 1. The molecular weight excluding hydrogens is 429 g/mol. The summed E-state index contributed by atoms with van der Waals surface area (Å²) < 4.78 is 39.9. The Bertz CT molecular complexity index is 1260. The van der Waals surface area contributed by atoms with Crippen LogP contribution < -0.4 is 0 Å². The lowest BCUT2D eigenvalue weighted by atomic mass is 9.90. The van der Waals surface area contributed by atoms with Gasteiger partial charge in [-0.15, -0.1) is 0 Å². The third-order valence-corrected chi connectivity index (χ3v) is 6.41. The Morgan fingerprint density at radius 3 is 2.42 bits per heavy atom. The summed E-state index contributed by atoms with van der Waals surface area (Å²) in [6.07, 6.45) is -2.90. The fourth-order valence-corrected chi connectivity index (χ4v) is 4.27. The van der Waals surface area contributed by atoms with E-state index in [2.05, 4.69) is 16.0 Å². The molecule has 1 aromatic heterocycles. The molecule has 2 heterocycles. The van der Waals surface area contributed by atoms with E-state index in [4.69, 9.17) is 5.26 Å². The normalized spacial score (nSPS) is 16.4. The van der Waals surface area contributed by atoms with Crippen LogP contribution in [0.1, 0.15) is 63.2 Å². The monoisotopic (exact) mass is 450 g/mol. The predicted molar refractivity (Wildman–Crippen MR) is 116 cm³/mol. The molecule has 1 amide bonds. The number of halogens is 3. The minimum absolute atomic E-state index is 0.0471. The van der Waals surface area contributed by atoms with E-state index in [1.165, 1.54) is 0 Å². The Hall–Kier alpha value is -3.60. The fraction of sp³-hybridized carbons (Fsp3) is 0.320. The molecule has 1 aliphatic carbocycles. The molecule has 0 radical (unpaired) electrons. The zero-order chi connectivity index (χ0) is 23.3. The molecule has 3 aromatic rings. The number of alkyl halides is 3. The van der Waals surface area contributed by atoms with Gasteiger partial charge in [-0.3, -0.25) is 4.79 Å². The van der Waals surface area contributed by atoms with Crippen LogP contribution in [0, 0.1) is 18.3 Å². The molecule has 5 nitrogen and oxygen atoms in total. The number of nitriles is 1. The summed E-state index contributed by atoms with van der Waals surface area (Å²) >= 11 is 0. The van der Waals surface area contributed by atoms with Crippen LogP contribution in [0.15, 0.2) is 42.5 Å². The van der Waals surface area contributed by atoms with Crippen molar-refractivity contribution < 1.29 is 18.0 Å². The smallest absolute Gasteiger partial charge is 0.337 e. The van der Waals surface area contributed by atoms with Crippen LogP contribution in [0.3, 0.4) is 0 Å². The summed E-state index contributed by atoms with van der Waals surface area (Å²) in [6, 6.07) is 14.6. The molecule has 0 spiro atoms. The number of aryl methyl sites for hydroxylation is 1. The van der Waals surface area contributed by atoms with E-state index in [9.17, 15) is 18.0 Å². The summed E-state index contributed by atoms with van der Waals surface area (Å²) in [7, 11) is 0. The highest BCUT2D eigenvalue weighted by Gasteiger charge is 2.39. The molecule has 168 valence electrons. The molecule has 8 heteroatoms. The first-order chi connectivity index (χ1) is 15.7. The lowest BCUT2D eigenvalue weighted by Gasteiger charge is -2.39. The van der Waals surface area contributed by atoms with Crippen LogP contribution in [0.2, 0.25) is 0 Å². The van der Waals surface area contributed by atoms with E-state index in [1.54, 1.807) is 35.2 Å². The van der Waals surface area contributed by atoms with Crippen molar-refractivity contribution in [1.82, 2.24) is 14.9 Å². The van der Waals surface area contributed by atoms with Gasteiger partial charge in [0, 0.05) is 41.7 Å². The Morgan fingerprint density at radius 1 is 1.12 bits per heavy atom. The third kappa shape index (κ3) is 3.99. The molecule has 0 atom stereocenters. The van der Waals surface area contributed by atoms with Crippen LogP contribution in [0.25, 0.3) is 11.3 Å². The molecule has 1 saturated heterocycles. The second kappa shape index (κ2) is 7.77. The second-order valence-corrected chi connectivity index (χ2v) is 8.79. The minimum atomic E-state index is -4.55. The number of nitrogens with one attached hydrogen (secondary N) is 1. The van der Waals surface area contributed by atoms with E-state index in [0.717, 1.165) is 24.0 Å². The van der Waals surface area contributed by atoms with Crippen LogP contribution in [0.4, 0.5) is 13.2 Å². The standard InChI is InChI=1S/C25H21F3N4O/c1-14-2-5-18(23(33)32-12-19(13-32)16-6-3-15(11-29)4-7-16)10-20(14)22-21(17-8-9-17)30-24(31-22)25(26,27)28/h2-7,10,17,19H,8-9,12-13H2,1H3,(H,30,31). The number of H-pyrrole nitrogens is 1. The molecule has 5 rings (SSSR count). The van der Waals surface area contributed by atoms with Crippen LogP contribution in [-0.4, -0.2) is 33.9 Å². The lowest BCUT2D eigenvalue weighted by Crippen LogP contribution is -2.48. The Kier molecular flexibility index (Phi) is 5.00. The zero-order valence-electron chi connectivity index (χ0n) is 17.9. The number of likely N-dealkylation sites (tertiary alicyclic amines) is 1. The van der Waals surface area contributed by atoms with Gasteiger partial charge in [0.15, 0.2) is 0 Å². The zero-order valence-corrected chi connectivity index (χ0v) is 17.9. The summed E-state index contributed by atoms with van der Waals surface area (Å²) in [5, 5.41) is 8.93. The maximum atomic E-state index is 13.3. The quantitative estimate of drug-likeness (QED) is 0.579. The molecule has 33 heavy (non-hydrogen) atoms. The topological polar surface area (TPSA) is 72.8 Å². The number of benzene rings is 2. The Balaban J connectivity index is 1.38. The van der Waals surface area contributed by atoms with E-state index < -0.39 is 12.0 Å². The van der Waals surface area contributed by atoms with Crippen LogP contribution in [0.5, 0.6) is 0 Å². The van der Waals surface area contributed by atoms with Gasteiger partial charge in [0.25, 0.3) is 5.91 Å². The predicted octanol–water partition coefficient (Wildman–Crippen LogP) is 5.39. The first kappa shape index (κ1) is 21.3. The van der Waals surface area contributed by atoms with Gasteiger partial charge in [-0.25, -0.2) is 4.98 Å². The Morgan fingerprint density at radius 2 is 1.82 bits per heavy atom. The van der Waals surface area contributed by atoms with Crippen LogP contribution >= 0.6 is 0 Å². The van der Waals surface area contributed by atoms with Gasteiger partial charge in [-0.05, 0) is 55.2 Å². The van der Waals surface area contributed by atoms with Crippen molar-refractivity contribution in [1.29, 1.82) is 5.26 Å². The second-order valence-electron chi connectivity index (χ2n) is 8.79. The highest BCUT2D eigenvalue weighted by Crippen LogP contribution is 2.45. The third-order valence-electron chi connectivity index (χ3n) is 6.41. The lowest BCUT2D eigenvalue weighted by molar-refractivity contribution is -0.144. The maximum absolute atomic E-state index is 13.3.